The maximum absolute atomic E-state index is 12.1. The first-order chi connectivity index (χ1) is 9.33. The summed E-state index contributed by atoms with van der Waals surface area (Å²) in [7, 11) is -2.46. The van der Waals surface area contributed by atoms with Gasteiger partial charge < -0.3 is 9.47 Å². The second-order valence-electron chi connectivity index (χ2n) is 4.45. The van der Waals surface area contributed by atoms with Crippen LogP contribution in [0.3, 0.4) is 0 Å². The number of methoxy groups -OCH3 is 1. The Morgan fingerprint density at radius 2 is 2.15 bits per heavy atom. The average molecular weight is 303 g/mol. The summed E-state index contributed by atoms with van der Waals surface area (Å²) in [5, 5.41) is -1.18. The number of fused-ring (bicyclic) bond motifs is 1. The summed E-state index contributed by atoms with van der Waals surface area (Å²) < 4.78 is 33.8. The zero-order valence-corrected chi connectivity index (χ0v) is 11.7. The molecule has 1 fully saturated rings. The lowest BCUT2D eigenvalue weighted by atomic mass is 10.1. The Morgan fingerprint density at radius 3 is 2.65 bits per heavy atom. The van der Waals surface area contributed by atoms with Gasteiger partial charge in [0.2, 0.25) is 0 Å². The Kier molecular flexibility index (Phi) is 3.65. The minimum atomic E-state index is -3.69. The first kappa shape index (κ1) is 14.7. The van der Waals surface area contributed by atoms with Crippen LogP contribution in [0.4, 0.5) is 0 Å². The quantitative estimate of drug-likeness (QED) is 0.357. The zero-order chi connectivity index (χ0) is 15.1. The highest BCUT2D eigenvalue weighted by molar-refractivity contribution is 7.92. The van der Waals surface area contributed by atoms with Gasteiger partial charge in [-0.05, 0) is 0 Å². The number of esters is 1. The third-order valence-corrected chi connectivity index (χ3v) is 5.12. The van der Waals surface area contributed by atoms with Crippen LogP contribution >= 0.6 is 0 Å². The molecule has 0 aromatic carbocycles. The van der Waals surface area contributed by atoms with Crippen molar-refractivity contribution in [2.75, 3.05) is 19.5 Å². The molecule has 0 bridgehead atoms. The molecular weight excluding hydrogens is 290 g/mol. The molecule has 0 aromatic heterocycles. The number of hydrogen-bond acceptors (Lipinski definition) is 7. The normalized spacial score (nSPS) is 27.7. The van der Waals surface area contributed by atoms with E-state index in [1.165, 1.54) is 7.11 Å². The van der Waals surface area contributed by atoms with E-state index in [9.17, 15) is 22.8 Å². The molecular formula is C11H13NO7S. The Morgan fingerprint density at radius 1 is 1.50 bits per heavy atom. The van der Waals surface area contributed by atoms with E-state index in [0.29, 0.717) is 6.29 Å². The van der Waals surface area contributed by atoms with Gasteiger partial charge in [0, 0.05) is 19.6 Å². The number of amides is 1. The third kappa shape index (κ3) is 2.12. The zero-order valence-electron chi connectivity index (χ0n) is 10.9. The van der Waals surface area contributed by atoms with Crippen molar-refractivity contribution in [3.8, 4) is 0 Å². The molecule has 0 saturated carbocycles. The van der Waals surface area contributed by atoms with Crippen LogP contribution in [0, 0.1) is 0 Å². The number of allylic oxidation sites excluding steroid dienone is 1. The van der Waals surface area contributed by atoms with Crippen LogP contribution in [0.15, 0.2) is 11.3 Å². The number of β-lactam (4-membered cyclic amide) rings is 1. The van der Waals surface area contributed by atoms with Gasteiger partial charge in [-0.25, -0.2) is 8.42 Å². The number of hydrogen-bond donors (Lipinski definition) is 0. The number of carbonyl (C=O) groups excluding carboxylic acids is 3. The van der Waals surface area contributed by atoms with E-state index in [1.807, 2.05) is 0 Å². The van der Waals surface area contributed by atoms with Crippen LogP contribution < -0.4 is 0 Å². The number of nitrogens with zero attached hydrogens (tertiary/aromatic N) is 1. The first-order valence-electron chi connectivity index (χ1n) is 5.71. The summed E-state index contributed by atoms with van der Waals surface area (Å²) in [6.07, 6.45) is -0.699. The lowest BCUT2D eigenvalue weighted by Gasteiger charge is -2.47. The van der Waals surface area contributed by atoms with Crippen LogP contribution in [-0.4, -0.2) is 62.4 Å². The second-order valence-corrected chi connectivity index (χ2v) is 6.55. The summed E-state index contributed by atoms with van der Waals surface area (Å²) >= 11 is 0. The molecule has 110 valence electrons. The van der Waals surface area contributed by atoms with Gasteiger partial charge in [-0.2, -0.15) is 0 Å². The van der Waals surface area contributed by atoms with Crippen molar-refractivity contribution < 1.29 is 32.3 Å². The average Bonchev–Trinajstić information content (AvgIpc) is 2.36. The van der Waals surface area contributed by atoms with Crippen LogP contribution in [0.5, 0.6) is 0 Å². The van der Waals surface area contributed by atoms with Gasteiger partial charge in [-0.1, -0.05) is 0 Å². The number of aldehydes is 1. The number of rotatable bonds is 4. The molecule has 2 heterocycles. The lowest BCUT2D eigenvalue weighted by Crippen LogP contribution is -2.70. The van der Waals surface area contributed by atoms with Gasteiger partial charge in [-0.3, -0.25) is 19.3 Å². The van der Waals surface area contributed by atoms with Gasteiger partial charge >= 0.3 is 5.97 Å². The fourth-order valence-electron chi connectivity index (χ4n) is 2.28. The fraction of sp³-hybridized carbons (Fsp3) is 0.545. The van der Waals surface area contributed by atoms with Crippen LogP contribution in [0.25, 0.3) is 0 Å². The van der Waals surface area contributed by atoms with Crippen molar-refractivity contribution in [3.05, 3.63) is 11.3 Å². The Bertz CT molecular complexity index is 606. The maximum atomic E-state index is 12.1. The molecule has 2 aliphatic heterocycles. The van der Waals surface area contributed by atoms with Crippen molar-refractivity contribution in [1.29, 1.82) is 0 Å². The molecule has 1 amide bonds. The standard InChI is InChI=1S/C11H13NO7S/c1-6(14)19-4-7-5-20(16,17)11-9(18-2)10(15)12(11)8(7)3-13/h3,9,11H,4-5H2,1-2H3/t9-,11-/m0/s1. The highest BCUT2D eigenvalue weighted by Gasteiger charge is 2.59. The van der Waals surface area contributed by atoms with Gasteiger partial charge in [0.1, 0.15) is 6.61 Å². The van der Waals surface area contributed by atoms with E-state index in [0.717, 1.165) is 11.8 Å². The Labute approximate surface area is 115 Å². The predicted molar refractivity (Wildman–Crippen MR) is 64.9 cm³/mol. The molecule has 2 aliphatic rings. The van der Waals surface area contributed by atoms with Gasteiger partial charge in [-0.15, -0.1) is 0 Å². The molecule has 2 atom stereocenters. The van der Waals surface area contributed by atoms with Gasteiger partial charge in [0.05, 0.1) is 11.4 Å². The van der Waals surface area contributed by atoms with E-state index in [-0.39, 0.29) is 17.9 Å². The van der Waals surface area contributed by atoms with E-state index in [2.05, 4.69) is 0 Å². The Hall–Kier alpha value is -1.74. The highest BCUT2D eigenvalue weighted by Crippen LogP contribution is 2.37. The first-order valence-corrected chi connectivity index (χ1v) is 7.43. The summed E-state index contributed by atoms with van der Waals surface area (Å²) in [5.41, 5.74) is 0.0266. The minimum Gasteiger partial charge on any atom is -0.461 e. The molecule has 0 radical (unpaired) electrons. The highest BCUT2D eigenvalue weighted by atomic mass is 32.2. The molecule has 0 spiro atoms. The molecule has 9 heteroatoms. The third-order valence-electron chi connectivity index (χ3n) is 3.17. The smallest absolute Gasteiger partial charge is 0.302 e. The van der Waals surface area contributed by atoms with Crippen molar-refractivity contribution in [2.24, 2.45) is 0 Å². The molecule has 20 heavy (non-hydrogen) atoms. The van der Waals surface area contributed by atoms with Gasteiger partial charge in [0.25, 0.3) is 5.91 Å². The molecule has 1 saturated heterocycles. The molecule has 0 aliphatic carbocycles. The summed E-state index contributed by atoms with van der Waals surface area (Å²) in [6.45, 7) is 0.827. The predicted octanol–water partition coefficient (Wildman–Crippen LogP) is -1.39. The molecule has 2 rings (SSSR count). The fourth-order valence-corrected chi connectivity index (χ4v) is 4.31. The second kappa shape index (κ2) is 4.98. The summed E-state index contributed by atoms with van der Waals surface area (Å²) in [4.78, 5) is 34.6. The van der Waals surface area contributed by atoms with Crippen LogP contribution in [-0.2, 0) is 33.7 Å². The number of sulfone groups is 1. The van der Waals surface area contributed by atoms with E-state index in [4.69, 9.17) is 9.47 Å². The monoisotopic (exact) mass is 303 g/mol. The van der Waals surface area contributed by atoms with E-state index in [1.54, 1.807) is 0 Å². The van der Waals surface area contributed by atoms with Crippen molar-refractivity contribution in [3.63, 3.8) is 0 Å². The van der Waals surface area contributed by atoms with Crippen molar-refractivity contribution in [2.45, 2.75) is 18.4 Å². The number of ether oxygens (including phenoxy) is 2. The van der Waals surface area contributed by atoms with Crippen molar-refractivity contribution >= 4 is 28.0 Å². The van der Waals surface area contributed by atoms with Crippen LogP contribution in [0.2, 0.25) is 0 Å². The topological polar surface area (TPSA) is 107 Å². The molecule has 0 aromatic rings. The molecule has 8 nitrogen and oxygen atoms in total. The number of carbonyl (C=O) groups is 3. The van der Waals surface area contributed by atoms with Crippen molar-refractivity contribution in [1.82, 2.24) is 4.90 Å². The summed E-state index contributed by atoms with van der Waals surface area (Å²) in [6, 6.07) is 0. The molecule has 0 N–H and O–H groups in total. The van der Waals surface area contributed by atoms with Gasteiger partial charge in [0.15, 0.2) is 27.6 Å². The summed E-state index contributed by atoms with van der Waals surface area (Å²) in [5.74, 6) is -1.64. The Balaban J connectivity index is 2.40. The molecule has 0 unspecified atom stereocenters. The van der Waals surface area contributed by atoms with Crippen LogP contribution in [0.1, 0.15) is 6.92 Å². The largest absolute Gasteiger partial charge is 0.461 e. The SMILES string of the molecule is CO[C@H]1C(=O)N2C(C=O)=C(COC(C)=O)CS(=O)(=O)[C@@H]12. The lowest BCUT2D eigenvalue weighted by molar-refractivity contribution is -0.159. The minimum absolute atomic E-state index is 0.0654. The van der Waals surface area contributed by atoms with E-state index < -0.39 is 38.9 Å². The van der Waals surface area contributed by atoms with E-state index >= 15 is 0 Å². The maximum Gasteiger partial charge on any atom is 0.302 e.